The lowest BCUT2D eigenvalue weighted by atomic mass is 9.99. The third-order valence-corrected chi connectivity index (χ3v) is 4.82. The zero-order chi connectivity index (χ0) is 18.4. The van der Waals surface area contributed by atoms with Gasteiger partial charge in [0.2, 0.25) is 0 Å². The summed E-state index contributed by atoms with van der Waals surface area (Å²) in [5.41, 5.74) is 8.59. The van der Waals surface area contributed by atoms with E-state index in [0.717, 1.165) is 48.5 Å². The number of carbonyl (C=O) groups is 1. The van der Waals surface area contributed by atoms with Gasteiger partial charge in [0.15, 0.2) is 0 Å². The standard InChI is InChI=1S/C21H27N3O2/c1-16-5-2-3-7-20(16)26-15-18-6-4-12-24(14-18)21(25)23-19-10-8-17(13-22)9-11-19/h2-3,5,7-11,18H,4,6,12-15,22H2,1H3,(H,23,25)/t18-/m1/s1. The SMILES string of the molecule is Cc1ccccc1OC[C@@H]1CCCN(C(=O)Nc2ccc(CN)cc2)C1. The largest absolute Gasteiger partial charge is 0.493 e. The minimum atomic E-state index is -0.0499. The number of nitrogens with two attached hydrogens (primary N) is 1. The highest BCUT2D eigenvalue weighted by atomic mass is 16.5. The van der Waals surface area contributed by atoms with Crippen molar-refractivity contribution >= 4 is 11.7 Å². The lowest BCUT2D eigenvalue weighted by Crippen LogP contribution is -2.43. The average Bonchev–Trinajstić information content (AvgIpc) is 2.68. The first-order valence-corrected chi connectivity index (χ1v) is 9.19. The van der Waals surface area contributed by atoms with Crippen LogP contribution >= 0.6 is 0 Å². The van der Waals surface area contributed by atoms with Crippen molar-refractivity contribution in [3.63, 3.8) is 0 Å². The predicted molar refractivity (Wildman–Crippen MR) is 104 cm³/mol. The molecule has 1 heterocycles. The summed E-state index contributed by atoms with van der Waals surface area (Å²) < 4.78 is 5.98. The van der Waals surface area contributed by atoms with Crippen LogP contribution in [0.3, 0.4) is 0 Å². The van der Waals surface area contributed by atoms with Crippen LogP contribution in [0.25, 0.3) is 0 Å². The Kier molecular flexibility index (Phi) is 6.12. The van der Waals surface area contributed by atoms with E-state index in [4.69, 9.17) is 10.5 Å². The maximum absolute atomic E-state index is 12.5. The summed E-state index contributed by atoms with van der Waals surface area (Å²) in [5, 5.41) is 2.97. The number of para-hydroxylation sites is 1. The fourth-order valence-corrected chi connectivity index (χ4v) is 3.24. The van der Waals surface area contributed by atoms with Crippen molar-refractivity contribution < 1.29 is 9.53 Å². The Hall–Kier alpha value is -2.53. The molecule has 0 saturated carbocycles. The number of piperidine rings is 1. The van der Waals surface area contributed by atoms with E-state index in [2.05, 4.69) is 5.32 Å². The maximum Gasteiger partial charge on any atom is 0.321 e. The van der Waals surface area contributed by atoms with Gasteiger partial charge in [0, 0.05) is 31.2 Å². The van der Waals surface area contributed by atoms with Gasteiger partial charge in [0.05, 0.1) is 6.61 Å². The monoisotopic (exact) mass is 353 g/mol. The van der Waals surface area contributed by atoms with Crippen molar-refractivity contribution in [3.8, 4) is 5.75 Å². The third kappa shape index (κ3) is 4.76. The number of aryl methyl sites for hydroxylation is 1. The van der Waals surface area contributed by atoms with Crippen LogP contribution in [0.15, 0.2) is 48.5 Å². The Morgan fingerprint density at radius 2 is 2.00 bits per heavy atom. The van der Waals surface area contributed by atoms with E-state index < -0.39 is 0 Å². The topological polar surface area (TPSA) is 67.6 Å². The van der Waals surface area contributed by atoms with Crippen LogP contribution in [0, 0.1) is 12.8 Å². The molecule has 0 bridgehead atoms. The number of benzene rings is 2. The highest BCUT2D eigenvalue weighted by Gasteiger charge is 2.24. The van der Waals surface area contributed by atoms with Gasteiger partial charge in [-0.1, -0.05) is 30.3 Å². The number of ether oxygens (including phenoxy) is 1. The fraction of sp³-hybridized carbons (Fsp3) is 0.381. The van der Waals surface area contributed by atoms with Crippen molar-refractivity contribution in [2.45, 2.75) is 26.3 Å². The lowest BCUT2D eigenvalue weighted by Gasteiger charge is -2.32. The van der Waals surface area contributed by atoms with Gasteiger partial charge in [-0.05, 0) is 49.1 Å². The molecular formula is C21H27N3O2. The summed E-state index contributed by atoms with van der Waals surface area (Å²) in [5.74, 6) is 1.28. The minimum absolute atomic E-state index is 0.0499. The summed E-state index contributed by atoms with van der Waals surface area (Å²) >= 11 is 0. The van der Waals surface area contributed by atoms with Crippen LogP contribution < -0.4 is 15.8 Å². The van der Waals surface area contributed by atoms with Gasteiger partial charge in [-0.25, -0.2) is 4.79 Å². The zero-order valence-electron chi connectivity index (χ0n) is 15.3. The molecule has 26 heavy (non-hydrogen) atoms. The fourth-order valence-electron chi connectivity index (χ4n) is 3.24. The molecule has 0 aromatic heterocycles. The van der Waals surface area contributed by atoms with Gasteiger partial charge in [-0.15, -0.1) is 0 Å². The van der Waals surface area contributed by atoms with E-state index >= 15 is 0 Å². The Labute approximate surface area is 155 Å². The van der Waals surface area contributed by atoms with E-state index in [1.165, 1.54) is 0 Å². The molecule has 5 heteroatoms. The van der Waals surface area contributed by atoms with E-state index in [-0.39, 0.29) is 6.03 Å². The quantitative estimate of drug-likeness (QED) is 0.860. The molecule has 2 amide bonds. The molecule has 3 N–H and O–H groups in total. The summed E-state index contributed by atoms with van der Waals surface area (Å²) in [4.78, 5) is 14.4. The predicted octanol–water partition coefficient (Wildman–Crippen LogP) is 3.78. The second-order valence-electron chi connectivity index (χ2n) is 6.86. The van der Waals surface area contributed by atoms with Gasteiger partial charge >= 0.3 is 6.03 Å². The van der Waals surface area contributed by atoms with Crippen molar-refractivity contribution in [2.75, 3.05) is 25.0 Å². The molecule has 1 atom stereocenters. The first-order valence-electron chi connectivity index (χ1n) is 9.19. The molecule has 138 valence electrons. The number of hydrogen-bond acceptors (Lipinski definition) is 3. The summed E-state index contributed by atoms with van der Waals surface area (Å²) in [6.07, 6.45) is 2.09. The van der Waals surface area contributed by atoms with Crippen molar-refractivity contribution in [2.24, 2.45) is 11.7 Å². The minimum Gasteiger partial charge on any atom is -0.493 e. The number of urea groups is 1. The third-order valence-electron chi connectivity index (χ3n) is 4.82. The van der Waals surface area contributed by atoms with E-state index in [9.17, 15) is 4.79 Å². The molecule has 0 unspecified atom stereocenters. The average molecular weight is 353 g/mol. The number of rotatable bonds is 5. The first-order chi connectivity index (χ1) is 12.7. The van der Waals surface area contributed by atoms with Gasteiger partial charge < -0.3 is 20.7 Å². The number of hydrogen-bond donors (Lipinski definition) is 2. The Balaban J connectivity index is 1.52. The lowest BCUT2D eigenvalue weighted by molar-refractivity contribution is 0.144. The molecular weight excluding hydrogens is 326 g/mol. The highest BCUT2D eigenvalue weighted by molar-refractivity contribution is 5.89. The van der Waals surface area contributed by atoms with Gasteiger partial charge in [0.1, 0.15) is 5.75 Å². The number of likely N-dealkylation sites (tertiary alicyclic amines) is 1. The molecule has 1 saturated heterocycles. The van der Waals surface area contributed by atoms with E-state index in [1.807, 2.05) is 60.4 Å². The summed E-state index contributed by atoms with van der Waals surface area (Å²) in [7, 11) is 0. The Bertz CT molecular complexity index is 730. The van der Waals surface area contributed by atoms with Crippen LogP contribution in [0.2, 0.25) is 0 Å². The van der Waals surface area contributed by atoms with Gasteiger partial charge in [0.25, 0.3) is 0 Å². The second-order valence-corrected chi connectivity index (χ2v) is 6.86. The molecule has 1 aliphatic rings. The molecule has 3 rings (SSSR count). The number of nitrogens with one attached hydrogen (secondary N) is 1. The number of anilines is 1. The highest BCUT2D eigenvalue weighted by Crippen LogP contribution is 2.22. The molecule has 1 aliphatic heterocycles. The molecule has 2 aromatic rings. The van der Waals surface area contributed by atoms with E-state index in [1.54, 1.807) is 0 Å². The van der Waals surface area contributed by atoms with Crippen LogP contribution in [0.4, 0.5) is 10.5 Å². The van der Waals surface area contributed by atoms with Gasteiger partial charge in [-0.3, -0.25) is 0 Å². The second kappa shape index (κ2) is 8.72. The number of amides is 2. The van der Waals surface area contributed by atoms with Crippen molar-refractivity contribution in [1.29, 1.82) is 0 Å². The molecule has 5 nitrogen and oxygen atoms in total. The Morgan fingerprint density at radius 3 is 2.73 bits per heavy atom. The van der Waals surface area contributed by atoms with Crippen molar-refractivity contribution in [3.05, 3.63) is 59.7 Å². The van der Waals surface area contributed by atoms with Crippen LogP contribution in [-0.4, -0.2) is 30.6 Å². The molecule has 0 radical (unpaired) electrons. The molecule has 2 aromatic carbocycles. The van der Waals surface area contributed by atoms with Gasteiger partial charge in [-0.2, -0.15) is 0 Å². The Morgan fingerprint density at radius 1 is 1.23 bits per heavy atom. The zero-order valence-corrected chi connectivity index (χ0v) is 15.3. The summed E-state index contributed by atoms with van der Waals surface area (Å²) in [6.45, 7) is 4.70. The van der Waals surface area contributed by atoms with E-state index in [0.29, 0.717) is 19.1 Å². The van der Waals surface area contributed by atoms with Crippen LogP contribution in [0.5, 0.6) is 5.75 Å². The maximum atomic E-state index is 12.5. The van der Waals surface area contributed by atoms with Crippen molar-refractivity contribution in [1.82, 2.24) is 4.90 Å². The van der Waals surface area contributed by atoms with Crippen LogP contribution in [-0.2, 0) is 6.54 Å². The molecule has 1 fully saturated rings. The molecule has 0 aliphatic carbocycles. The normalized spacial score (nSPS) is 17.0. The first kappa shape index (κ1) is 18.3. The van der Waals surface area contributed by atoms with Crippen LogP contribution in [0.1, 0.15) is 24.0 Å². The summed E-state index contributed by atoms with van der Waals surface area (Å²) in [6, 6.07) is 15.6. The number of carbonyl (C=O) groups excluding carboxylic acids is 1. The number of nitrogens with zero attached hydrogens (tertiary/aromatic N) is 1. The smallest absolute Gasteiger partial charge is 0.321 e. The molecule has 0 spiro atoms.